The van der Waals surface area contributed by atoms with Gasteiger partial charge in [0.25, 0.3) is 0 Å². The molecule has 0 unspecified atom stereocenters. The molecule has 0 spiro atoms. The Kier molecular flexibility index (Phi) is 7.38. The molecular weight excluding hydrogens is 330 g/mol. The lowest BCUT2D eigenvalue weighted by molar-refractivity contribution is -0.170. The van der Waals surface area contributed by atoms with Gasteiger partial charge in [-0.05, 0) is 26.7 Å². The number of carbonyl (C=O) groups excluding carboxylic acids is 4. The Morgan fingerprint density at radius 3 is 1.88 bits per heavy atom. The maximum atomic E-state index is 12.7. The number of carbonyl (C=O) groups is 4. The molecule has 1 rings (SSSR count). The van der Waals surface area contributed by atoms with Crippen molar-refractivity contribution >= 4 is 23.8 Å². The van der Waals surface area contributed by atoms with Gasteiger partial charge >= 0.3 is 17.9 Å². The van der Waals surface area contributed by atoms with E-state index in [4.69, 9.17) is 14.2 Å². The van der Waals surface area contributed by atoms with E-state index < -0.39 is 41.2 Å². The first kappa shape index (κ1) is 20.9. The second-order valence-electron chi connectivity index (χ2n) is 5.88. The van der Waals surface area contributed by atoms with Crippen LogP contribution >= 0.6 is 0 Å². The predicted molar refractivity (Wildman–Crippen MR) is 87.2 cm³/mol. The van der Waals surface area contributed by atoms with Gasteiger partial charge in [0, 0.05) is 5.92 Å². The maximum absolute atomic E-state index is 12.7. The quantitative estimate of drug-likeness (QED) is 0.389. The molecule has 8 heteroatoms. The summed E-state index contributed by atoms with van der Waals surface area (Å²) in [5, 5.41) is 2.40. The summed E-state index contributed by atoms with van der Waals surface area (Å²) in [6.45, 7) is 8.54. The minimum Gasteiger partial charge on any atom is -0.465 e. The first-order valence-corrected chi connectivity index (χ1v) is 8.64. The van der Waals surface area contributed by atoms with Gasteiger partial charge in [0.2, 0.25) is 11.4 Å². The van der Waals surface area contributed by atoms with Crippen LogP contribution in [0.5, 0.6) is 0 Å². The van der Waals surface area contributed by atoms with Crippen molar-refractivity contribution in [3.63, 3.8) is 0 Å². The SMILES string of the molecule is CCOC(=O)[C@@H]1C(=O)NC(C(=O)OCC)(C(=O)OCC)[C@@H]1[C@H](C)CC. The molecule has 0 bridgehead atoms. The lowest BCUT2D eigenvalue weighted by Gasteiger charge is -2.34. The zero-order chi connectivity index (χ0) is 19.2. The fraction of sp³-hybridized carbons (Fsp3) is 0.765. The zero-order valence-electron chi connectivity index (χ0n) is 15.4. The molecule has 3 atom stereocenters. The Labute approximate surface area is 147 Å². The number of esters is 3. The van der Waals surface area contributed by atoms with E-state index in [1.165, 1.54) is 0 Å². The molecule has 1 amide bonds. The van der Waals surface area contributed by atoms with Gasteiger partial charge in [-0.1, -0.05) is 20.3 Å². The maximum Gasteiger partial charge on any atom is 0.344 e. The molecule has 0 aromatic rings. The number of hydrogen-bond donors (Lipinski definition) is 1. The Bertz CT molecular complexity index is 513. The van der Waals surface area contributed by atoms with Gasteiger partial charge in [0.15, 0.2) is 0 Å². The number of hydrogen-bond acceptors (Lipinski definition) is 7. The molecule has 0 saturated carbocycles. The monoisotopic (exact) mass is 357 g/mol. The van der Waals surface area contributed by atoms with Crippen LogP contribution in [0.2, 0.25) is 0 Å². The van der Waals surface area contributed by atoms with Crippen LogP contribution in [0.1, 0.15) is 41.0 Å². The normalized spacial score (nSPS) is 22.7. The minimum absolute atomic E-state index is 0.0210. The summed E-state index contributed by atoms with van der Waals surface area (Å²) in [5.41, 5.74) is -2.05. The van der Waals surface area contributed by atoms with E-state index in [2.05, 4.69) is 5.32 Å². The van der Waals surface area contributed by atoms with E-state index in [-0.39, 0.29) is 25.7 Å². The molecule has 0 radical (unpaired) electrons. The van der Waals surface area contributed by atoms with Crippen LogP contribution in [-0.2, 0) is 33.4 Å². The first-order valence-electron chi connectivity index (χ1n) is 8.64. The number of ether oxygens (including phenoxy) is 3. The Hall–Kier alpha value is -2.12. The third kappa shape index (κ3) is 3.77. The molecule has 0 aliphatic carbocycles. The van der Waals surface area contributed by atoms with Crippen molar-refractivity contribution in [1.82, 2.24) is 5.32 Å². The largest absolute Gasteiger partial charge is 0.465 e. The van der Waals surface area contributed by atoms with Crippen molar-refractivity contribution < 1.29 is 33.4 Å². The third-order valence-electron chi connectivity index (χ3n) is 4.45. The molecular formula is C17H27NO7. The molecule has 142 valence electrons. The number of nitrogens with one attached hydrogen (secondary N) is 1. The molecule has 1 fully saturated rings. The molecule has 25 heavy (non-hydrogen) atoms. The highest BCUT2D eigenvalue weighted by Crippen LogP contribution is 2.41. The van der Waals surface area contributed by atoms with E-state index >= 15 is 0 Å². The average molecular weight is 357 g/mol. The molecule has 8 nitrogen and oxygen atoms in total. The van der Waals surface area contributed by atoms with Gasteiger partial charge in [0.1, 0.15) is 5.92 Å². The highest BCUT2D eigenvalue weighted by Gasteiger charge is 2.67. The second kappa shape index (κ2) is 8.82. The van der Waals surface area contributed by atoms with Crippen molar-refractivity contribution in [2.24, 2.45) is 17.8 Å². The summed E-state index contributed by atoms with van der Waals surface area (Å²) in [4.78, 5) is 50.3. The molecule has 0 aromatic heterocycles. The Balaban J connectivity index is 3.50. The van der Waals surface area contributed by atoms with E-state index in [1.54, 1.807) is 27.7 Å². The highest BCUT2D eigenvalue weighted by atomic mass is 16.6. The smallest absolute Gasteiger partial charge is 0.344 e. The van der Waals surface area contributed by atoms with Crippen LogP contribution in [0.15, 0.2) is 0 Å². The van der Waals surface area contributed by atoms with Crippen LogP contribution in [0.4, 0.5) is 0 Å². The number of rotatable bonds is 8. The average Bonchev–Trinajstić information content (AvgIpc) is 2.89. The summed E-state index contributed by atoms with van der Waals surface area (Å²) >= 11 is 0. The minimum atomic E-state index is -2.05. The fourth-order valence-electron chi connectivity index (χ4n) is 3.21. The van der Waals surface area contributed by atoms with Crippen molar-refractivity contribution in [3.8, 4) is 0 Å². The predicted octanol–water partition coefficient (Wildman–Crippen LogP) is 0.823. The van der Waals surface area contributed by atoms with E-state index in [1.807, 2.05) is 6.92 Å². The Morgan fingerprint density at radius 1 is 1.00 bits per heavy atom. The lowest BCUT2D eigenvalue weighted by Crippen LogP contribution is -2.62. The van der Waals surface area contributed by atoms with Gasteiger partial charge in [-0.3, -0.25) is 9.59 Å². The summed E-state index contributed by atoms with van der Waals surface area (Å²) < 4.78 is 15.1. The fourth-order valence-corrected chi connectivity index (χ4v) is 3.21. The molecule has 0 aromatic carbocycles. The molecule has 1 aliphatic rings. The summed E-state index contributed by atoms with van der Waals surface area (Å²) in [7, 11) is 0. The van der Waals surface area contributed by atoms with Gasteiger partial charge < -0.3 is 19.5 Å². The van der Waals surface area contributed by atoms with Gasteiger partial charge in [-0.25, -0.2) is 9.59 Å². The molecule has 1 N–H and O–H groups in total. The third-order valence-corrected chi connectivity index (χ3v) is 4.45. The second-order valence-corrected chi connectivity index (χ2v) is 5.88. The van der Waals surface area contributed by atoms with Crippen LogP contribution < -0.4 is 5.32 Å². The standard InChI is InChI=1S/C17H27NO7/c1-6-10(5)12-11(14(20)23-7-2)13(19)18-17(12,15(21)24-8-3)16(22)25-9-4/h10-12H,6-9H2,1-5H3,(H,18,19)/t10-,11+,12-/m1/s1. The van der Waals surface area contributed by atoms with Crippen LogP contribution in [0.25, 0.3) is 0 Å². The molecule has 1 saturated heterocycles. The van der Waals surface area contributed by atoms with Crippen LogP contribution in [-0.4, -0.2) is 49.2 Å². The van der Waals surface area contributed by atoms with Crippen LogP contribution in [0.3, 0.4) is 0 Å². The van der Waals surface area contributed by atoms with Gasteiger partial charge in [-0.15, -0.1) is 0 Å². The zero-order valence-corrected chi connectivity index (χ0v) is 15.4. The summed E-state index contributed by atoms with van der Waals surface area (Å²) in [5.74, 6) is -5.88. The first-order chi connectivity index (χ1) is 11.8. The summed E-state index contributed by atoms with van der Waals surface area (Å²) in [6.07, 6.45) is 0.538. The topological polar surface area (TPSA) is 108 Å². The summed E-state index contributed by atoms with van der Waals surface area (Å²) in [6, 6.07) is 0. The van der Waals surface area contributed by atoms with Gasteiger partial charge in [-0.2, -0.15) is 0 Å². The highest BCUT2D eigenvalue weighted by molar-refractivity contribution is 6.15. The van der Waals surface area contributed by atoms with Crippen molar-refractivity contribution in [2.45, 2.75) is 46.6 Å². The van der Waals surface area contributed by atoms with Crippen molar-refractivity contribution in [1.29, 1.82) is 0 Å². The van der Waals surface area contributed by atoms with Gasteiger partial charge in [0.05, 0.1) is 19.8 Å². The Morgan fingerprint density at radius 2 is 1.48 bits per heavy atom. The lowest BCUT2D eigenvalue weighted by atomic mass is 9.71. The van der Waals surface area contributed by atoms with Crippen molar-refractivity contribution in [3.05, 3.63) is 0 Å². The van der Waals surface area contributed by atoms with E-state index in [9.17, 15) is 19.2 Å². The number of amides is 1. The van der Waals surface area contributed by atoms with Crippen LogP contribution in [0, 0.1) is 17.8 Å². The van der Waals surface area contributed by atoms with E-state index in [0.717, 1.165) is 0 Å². The van der Waals surface area contributed by atoms with E-state index in [0.29, 0.717) is 6.42 Å². The van der Waals surface area contributed by atoms with Crippen molar-refractivity contribution in [2.75, 3.05) is 19.8 Å². The molecule has 1 heterocycles. The molecule has 1 aliphatic heterocycles.